The smallest absolute Gasteiger partial charge is 0.156 e. The number of alkyl halides is 3. The van der Waals surface area contributed by atoms with Gasteiger partial charge in [-0.1, -0.05) is 12.1 Å². The van der Waals surface area contributed by atoms with Gasteiger partial charge in [-0.05, 0) is 77.6 Å². The lowest BCUT2D eigenvalue weighted by atomic mass is 9.83. The molecule has 1 aliphatic carbocycles. The first-order chi connectivity index (χ1) is 15.3. The Labute approximate surface area is 184 Å². The molecule has 2 aromatic carbocycles. The molecule has 2 aromatic rings. The highest BCUT2D eigenvalue weighted by Crippen LogP contribution is 2.43. The van der Waals surface area contributed by atoms with Crippen LogP contribution >= 0.6 is 0 Å². The molecule has 0 aromatic heterocycles. The second kappa shape index (κ2) is 9.21. The Morgan fingerprint density at radius 1 is 1.22 bits per heavy atom. The van der Waals surface area contributed by atoms with Crippen molar-refractivity contribution in [2.45, 2.75) is 63.1 Å². The maximum atomic E-state index is 14.7. The van der Waals surface area contributed by atoms with Crippen LogP contribution in [0.1, 0.15) is 76.9 Å². The fourth-order valence-electron chi connectivity index (χ4n) is 4.97. The van der Waals surface area contributed by atoms with Crippen LogP contribution in [0.5, 0.6) is 0 Å². The van der Waals surface area contributed by atoms with Gasteiger partial charge in [0.15, 0.2) is 6.17 Å². The molecule has 1 heterocycles. The molecule has 4 unspecified atom stereocenters. The number of rotatable bonds is 5. The Morgan fingerprint density at radius 3 is 2.59 bits per heavy atom. The van der Waals surface area contributed by atoms with Crippen LogP contribution in [0.3, 0.4) is 0 Å². The van der Waals surface area contributed by atoms with Gasteiger partial charge in [-0.15, -0.1) is 0 Å². The number of ether oxygens (including phenoxy) is 1. The van der Waals surface area contributed by atoms with Crippen LogP contribution in [-0.2, 0) is 17.6 Å². The van der Waals surface area contributed by atoms with Crippen molar-refractivity contribution in [2.24, 2.45) is 0 Å². The molecule has 1 fully saturated rings. The monoisotopic (exact) mass is 447 g/mol. The summed E-state index contributed by atoms with van der Waals surface area (Å²) >= 11 is 0. The average Bonchev–Trinajstić information content (AvgIpc) is 3.09. The summed E-state index contributed by atoms with van der Waals surface area (Å²) in [6.07, 6.45) is -5.15. The Balaban J connectivity index is 1.81. The second-order valence-electron chi connectivity index (χ2n) is 8.65. The lowest BCUT2D eigenvalue weighted by Gasteiger charge is -2.26. The van der Waals surface area contributed by atoms with Crippen molar-refractivity contribution in [3.63, 3.8) is 0 Å². The highest BCUT2D eigenvalue weighted by Gasteiger charge is 2.37. The van der Waals surface area contributed by atoms with Gasteiger partial charge < -0.3 is 9.84 Å². The van der Waals surface area contributed by atoms with E-state index in [1.165, 1.54) is 0 Å². The first-order valence-corrected chi connectivity index (χ1v) is 10.9. The van der Waals surface area contributed by atoms with E-state index in [0.29, 0.717) is 29.9 Å². The number of fused-ring (bicyclic) bond motifs is 1. The highest BCUT2D eigenvalue weighted by molar-refractivity contribution is 5.53. The summed E-state index contributed by atoms with van der Waals surface area (Å²) in [7, 11) is 0. The molecular weight excluding hydrogens is 422 g/mol. The summed E-state index contributed by atoms with van der Waals surface area (Å²) < 4.78 is 62.5. The zero-order valence-corrected chi connectivity index (χ0v) is 17.8. The van der Waals surface area contributed by atoms with Gasteiger partial charge in [-0.25, -0.2) is 17.6 Å². The van der Waals surface area contributed by atoms with Crippen molar-refractivity contribution in [1.82, 2.24) is 0 Å². The van der Waals surface area contributed by atoms with Crippen LogP contribution in [0.25, 0.3) is 0 Å². The molecule has 1 N–H and O–H groups in total. The number of nitriles is 1. The van der Waals surface area contributed by atoms with Crippen LogP contribution in [0.4, 0.5) is 17.6 Å². The van der Waals surface area contributed by atoms with Gasteiger partial charge in [-0.2, -0.15) is 5.26 Å². The van der Waals surface area contributed by atoms with E-state index in [9.17, 15) is 27.9 Å². The van der Waals surface area contributed by atoms with E-state index in [4.69, 9.17) is 4.74 Å². The molecule has 0 bridgehead atoms. The summed E-state index contributed by atoms with van der Waals surface area (Å²) in [6.45, 7) is 2.23. The minimum absolute atomic E-state index is 0.000123. The summed E-state index contributed by atoms with van der Waals surface area (Å²) in [5, 5.41) is 20.1. The molecule has 4 rings (SSSR count). The largest absolute Gasteiger partial charge is 0.385 e. The molecule has 0 radical (unpaired) electrons. The van der Waals surface area contributed by atoms with E-state index in [2.05, 4.69) is 0 Å². The standard InChI is InChI=1S/C25H25F4NO2/c1-13(26)24(29)21-10-17(27)8-16(12-30)19(21)9-15-2-3-18(14-4-6-32-7-5-14)23-20(15)11-22(28)25(23)31/h2-3,8,10,13-14,22,24-25,31H,4-7,9,11H2,1H3. The molecule has 32 heavy (non-hydrogen) atoms. The molecule has 1 saturated heterocycles. The minimum atomic E-state index is -2.10. The van der Waals surface area contributed by atoms with Crippen molar-refractivity contribution in [2.75, 3.05) is 13.2 Å². The Morgan fingerprint density at radius 2 is 1.94 bits per heavy atom. The molecule has 0 saturated carbocycles. The van der Waals surface area contributed by atoms with Crippen LogP contribution in [-0.4, -0.2) is 30.7 Å². The third-order valence-electron chi connectivity index (χ3n) is 6.62. The van der Waals surface area contributed by atoms with E-state index in [-0.39, 0.29) is 35.4 Å². The SMILES string of the molecule is CC(F)C(F)c1cc(F)cc(C#N)c1Cc1ccc(C2CCOCC2)c2c1CC(F)C2O. The van der Waals surface area contributed by atoms with E-state index in [0.717, 1.165) is 37.5 Å². The van der Waals surface area contributed by atoms with Crippen molar-refractivity contribution >= 4 is 0 Å². The minimum Gasteiger partial charge on any atom is -0.385 e. The predicted octanol–water partition coefficient (Wildman–Crippen LogP) is 5.48. The van der Waals surface area contributed by atoms with Gasteiger partial charge >= 0.3 is 0 Å². The Kier molecular flexibility index (Phi) is 6.55. The number of benzene rings is 2. The molecule has 7 heteroatoms. The summed E-state index contributed by atoms with van der Waals surface area (Å²) in [4.78, 5) is 0. The molecule has 4 atom stereocenters. The lowest BCUT2D eigenvalue weighted by molar-refractivity contribution is 0.0796. The number of halogens is 4. The van der Waals surface area contributed by atoms with E-state index < -0.39 is 30.4 Å². The predicted molar refractivity (Wildman–Crippen MR) is 111 cm³/mol. The van der Waals surface area contributed by atoms with Crippen LogP contribution in [0.15, 0.2) is 24.3 Å². The topological polar surface area (TPSA) is 53.2 Å². The summed E-state index contributed by atoms with van der Waals surface area (Å²) in [5.74, 6) is -0.673. The normalized spacial score (nSPS) is 22.9. The van der Waals surface area contributed by atoms with E-state index >= 15 is 0 Å². The number of hydrogen-bond acceptors (Lipinski definition) is 3. The maximum Gasteiger partial charge on any atom is 0.156 e. The quantitative estimate of drug-likeness (QED) is 0.618. The number of aliphatic hydroxyl groups is 1. The highest BCUT2D eigenvalue weighted by atomic mass is 19.2. The van der Waals surface area contributed by atoms with E-state index in [1.54, 1.807) is 6.07 Å². The summed E-state index contributed by atoms with van der Waals surface area (Å²) in [6, 6.07) is 7.44. The van der Waals surface area contributed by atoms with Crippen molar-refractivity contribution in [3.8, 4) is 6.07 Å². The van der Waals surface area contributed by atoms with Crippen molar-refractivity contribution in [1.29, 1.82) is 5.26 Å². The molecule has 3 nitrogen and oxygen atoms in total. The zero-order chi connectivity index (χ0) is 23.0. The number of hydrogen-bond donors (Lipinski definition) is 1. The van der Waals surface area contributed by atoms with Gasteiger partial charge in [-0.3, -0.25) is 0 Å². The van der Waals surface area contributed by atoms with Crippen LogP contribution < -0.4 is 0 Å². The van der Waals surface area contributed by atoms with Gasteiger partial charge in [0, 0.05) is 19.6 Å². The third-order valence-corrected chi connectivity index (χ3v) is 6.62. The van der Waals surface area contributed by atoms with E-state index in [1.807, 2.05) is 12.1 Å². The molecule has 170 valence electrons. The zero-order valence-electron chi connectivity index (χ0n) is 17.8. The van der Waals surface area contributed by atoms with Crippen LogP contribution in [0, 0.1) is 17.1 Å². The number of aliphatic hydroxyl groups excluding tert-OH is 1. The first kappa shape index (κ1) is 22.8. The Bertz CT molecular complexity index is 1040. The van der Waals surface area contributed by atoms with Crippen molar-refractivity contribution in [3.05, 3.63) is 69.0 Å². The molecule has 0 spiro atoms. The second-order valence-corrected chi connectivity index (χ2v) is 8.65. The summed E-state index contributed by atoms with van der Waals surface area (Å²) in [5.41, 5.74) is 2.59. The van der Waals surface area contributed by atoms with Gasteiger partial charge in [0.1, 0.15) is 24.3 Å². The van der Waals surface area contributed by atoms with Crippen molar-refractivity contribution < 1.29 is 27.4 Å². The average molecular weight is 447 g/mol. The Hall–Kier alpha value is -2.43. The van der Waals surface area contributed by atoms with Gasteiger partial charge in [0.2, 0.25) is 0 Å². The molecule has 1 aliphatic heterocycles. The molecular formula is C25H25F4NO2. The third kappa shape index (κ3) is 4.14. The maximum absolute atomic E-state index is 14.7. The molecule has 2 aliphatic rings. The van der Waals surface area contributed by atoms with Crippen LogP contribution in [0.2, 0.25) is 0 Å². The van der Waals surface area contributed by atoms with Gasteiger partial charge in [0.05, 0.1) is 11.6 Å². The molecule has 0 amide bonds. The first-order valence-electron chi connectivity index (χ1n) is 10.9. The fourth-order valence-corrected chi connectivity index (χ4v) is 4.97. The van der Waals surface area contributed by atoms with Gasteiger partial charge in [0.25, 0.3) is 0 Å². The fraction of sp³-hybridized carbons (Fsp3) is 0.480. The lowest BCUT2D eigenvalue weighted by Crippen LogP contribution is -2.17. The number of nitrogens with zero attached hydrogens (tertiary/aromatic N) is 1.